The molecule has 0 aliphatic heterocycles. The summed E-state index contributed by atoms with van der Waals surface area (Å²) >= 11 is 0. The van der Waals surface area contributed by atoms with E-state index in [1.807, 2.05) is 65.1 Å². The molecule has 114 valence electrons. The van der Waals surface area contributed by atoms with E-state index in [0.29, 0.717) is 6.42 Å². The summed E-state index contributed by atoms with van der Waals surface area (Å²) < 4.78 is 1.72. The van der Waals surface area contributed by atoms with E-state index in [4.69, 9.17) is 0 Å². The summed E-state index contributed by atoms with van der Waals surface area (Å²) in [5.74, 6) is -0.146. The van der Waals surface area contributed by atoms with Crippen LogP contribution in [-0.4, -0.2) is 20.9 Å². The summed E-state index contributed by atoms with van der Waals surface area (Å²) in [6, 6.07) is 9.46. The third-order valence-corrected chi connectivity index (χ3v) is 3.19. The Hall–Kier alpha value is -2.17. The second-order valence-corrected chi connectivity index (χ2v) is 4.71. The van der Waals surface area contributed by atoms with E-state index in [1.165, 1.54) is 0 Å². The van der Waals surface area contributed by atoms with Crippen molar-refractivity contribution < 1.29 is 4.79 Å². The summed E-state index contributed by atoms with van der Waals surface area (Å²) in [5.41, 5.74) is 2.69. The van der Waals surface area contributed by atoms with Crippen LogP contribution >= 0.6 is 0 Å². The van der Waals surface area contributed by atoms with Gasteiger partial charge in [-0.05, 0) is 19.1 Å². The Balaban J connectivity index is 0.00000106. The first-order chi connectivity index (χ1) is 10.1. The first kappa shape index (κ1) is 16.9. The molecular formula is C16H24N4O. The van der Waals surface area contributed by atoms with Crippen LogP contribution < -0.4 is 5.32 Å². The van der Waals surface area contributed by atoms with Gasteiger partial charge in [-0.2, -0.15) is 0 Å². The van der Waals surface area contributed by atoms with E-state index < -0.39 is 0 Å². The van der Waals surface area contributed by atoms with E-state index in [9.17, 15) is 4.79 Å². The van der Waals surface area contributed by atoms with Crippen LogP contribution in [0.3, 0.4) is 0 Å². The Morgan fingerprint density at radius 2 is 1.90 bits per heavy atom. The van der Waals surface area contributed by atoms with Crippen molar-refractivity contribution in [3.05, 3.63) is 41.7 Å². The number of para-hydroxylation sites is 1. The fourth-order valence-electron chi connectivity index (χ4n) is 1.81. The van der Waals surface area contributed by atoms with Crippen molar-refractivity contribution in [3.63, 3.8) is 0 Å². The van der Waals surface area contributed by atoms with Gasteiger partial charge in [-0.3, -0.25) is 9.48 Å². The van der Waals surface area contributed by atoms with E-state index in [2.05, 4.69) is 15.6 Å². The molecule has 5 heteroatoms. The molecule has 0 spiro atoms. The van der Waals surface area contributed by atoms with Gasteiger partial charge in [0.1, 0.15) is 0 Å². The maximum absolute atomic E-state index is 12.1. The predicted molar refractivity (Wildman–Crippen MR) is 85.0 cm³/mol. The SMILES string of the molecule is CC.Cc1c(C[C@H](C)C(=O)Nc2ccccc2)nnn1C. The van der Waals surface area contributed by atoms with E-state index in [0.717, 1.165) is 17.1 Å². The smallest absolute Gasteiger partial charge is 0.227 e. The van der Waals surface area contributed by atoms with Crippen LogP contribution in [-0.2, 0) is 18.3 Å². The third-order valence-electron chi connectivity index (χ3n) is 3.19. The van der Waals surface area contributed by atoms with Crippen LogP contribution in [0.15, 0.2) is 30.3 Å². The molecule has 0 unspecified atom stereocenters. The van der Waals surface area contributed by atoms with E-state index in [-0.39, 0.29) is 11.8 Å². The van der Waals surface area contributed by atoms with Crippen molar-refractivity contribution in [3.8, 4) is 0 Å². The number of nitrogens with one attached hydrogen (secondary N) is 1. The maximum Gasteiger partial charge on any atom is 0.227 e. The molecule has 1 aromatic carbocycles. The lowest BCUT2D eigenvalue weighted by molar-refractivity contribution is -0.119. The molecule has 0 aliphatic rings. The molecule has 0 saturated carbocycles. The van der Waals surface area contributed by atoms with E-state index >= 15 is 0 Å². The average Bonchev–Trinajstić information content (AvgIpc) is 2.82. The summed E-state index contributed by atoms with van der Waals surface area (Å²) in [6.45, 7) is 7.85. The van der Waals surface area contributed by atoms with Crippen LogP contribution in [0.2, 0.25) is 0 Å². The highest BCUT2D eigenvalue weighted by Gasteiger charge is 2.17. The first-order valence-corrected chi connectivity index (χ1v) is 7.29. The molecule has 0 bridgehead atoms. The Morgan fingerprint density at radius 1 is 1.29 bits per heavy atom. The molecule has 1 atom stereocenters. The van der Waals surface area contributed by atoms with Gasteiger partial charge in [0.15, 0.2) is 0 Å². The molecule has 21 heavy (non-hydrogen) atoms. The van der Waals surface area contributed by atoms with Crippen molar-refractivity contribution in [2.75, 3.05) is 5.32 Å². The molecule has 0 fully saturated rings. The molecule has 5 nitrogen and oxygen atoms in total. The topological polar surface area (TPSA) is 59.8 Å². The lowest BCUT2D eigenvalue weighted by Gasteiger charge is -2.11. The van der Waals surface area contributed by atoms with Crippen LogP contribution in [0.4, 0.5) is 5.69 Å². The second kappa shape index (κ2) is 8.19. The zero-order chi connectivity index (χ0) is 15.8. The molecular weight excluding hydrogens is 264 g/mol. The van der Waals surface area contributed by atoms with Crippen molar-refractivity contribution in [1.29, 1.82) is 0 Å². The van der Waals surface area contributed by atoms with Gasteiger partial charge in [-0.25, -0.2) is 0 Å². The zero-order valence-corrected chi connectivity index (χ0v) is 13.4. The molecule has 2 aromatic rings. The molecule has 0 radical (unpaired) electrons. The lowest BCUT2D eigenvalue weighted by Crippen LogP contribution is -2.22. The summed E-state index contributed by atoms with van der Waals surface area (Å²) in [4.78, 5) is 12.1. The largest absolute Gasteiger partial charge is 0.326 e. The molecule has 1 N–H and O–H groups in total. The number of hydrogen-bond acceptors (Lipinski definition) is 3. The second-order valence-electron chi connectivity index (χ2n) is 4.71. The number of benzene rings is 1. The first-order valence-electron chi connectivity index (χ1n) is 7.29. The number of carbonyl (C=O) groups is 1. The van der Waals surface area contributed by atoms with Gasteiger partial charge < -0.3 is 5.32 Å². The number of rotatable bonds is 4. The zero-order valence-electron chi connectivity index (χ0n) is 13.4. The third kappa shape index (κ3) is 4.70. The van der Waals surface area contributed by atoms with Gasteiger partial charge >= 0.3 is 0 Å². The van der Waals surface area contributed by atoms with Crippen LogP contribution in [0, 0.1) is 12.8 Å². The number of carbonyl (C=O) groups excluding carboxylic acids is 1. The Labute approximate surface area is 126 Å². The minimum Gasteiger partial charge on any atom is -0.326 e. The summed E-state index contributed by atoms with van der Waals surface area (Å²) in [5, 5.41) is 10.9. The molecule has 0 saturated heterocycles. The lowest BCUT2D eigenvalue weighted by atomic mass is 10.0. The average molecular weight is 288 g/mol. The van der Waals surface area contributed by atoms with Crippen LogP contribution in [0.25, 0.3) is 0 Å². The normalized spacial score (nSPS) is 11.3. The highest BCUT2D eigenvalue weighted by Crippen LogP contribution is 2.13. The van der Waals surface area contributed by atoms with Gasteiger partial charge in [0.25, 0.3) is 0 Å². The van der Waals surface area contributed by atoms with Crippen molar-refractivity contribution in [2.24, 2.45) is 13.0 Å². The van der Waals surface area contributed by atoms with Gasteiger partial charge in [-0.15, -0.1) is 5.10 Å². The molecule has 2 rings (SSSR count). The Bertz CT molecular complexity index is 563. The van der Waals surface area contributed by atoms with Gasteiger partial charge in [-0.1, -0.05) is 44.2 Å². The molecule has 1 amide bonds. The van der Waals surface area contributed by atoms with Gasteiger partial charge in [0.2, 0.25) is 5.91 Å². The Kier molecular flexibility index (Phi) is 6.59. The highest BCUT2D eigenvalue weighted by molar-refractivity contribution is 5.92. The quantitative estimate of drug-likeness (QED) is 0.941. The summed E-state index contributed by atoms with van der Waals surface area (Å²) in [6.07, 6.45) is 0.596. The summed E-state index contributed by atoms with van der Waals surface area (Å²) in [7, 11) is 1.85. The minimum absolute atomic E-state index is 0.00347. The fraction of sp³-hybridized carbons (Fsp3) is 0.438. The molecule has 0 aliphatic carbocycles. The highest BCUT2D eigenvalue weighted by atomic mass is 16.1. The van der Waals surface area contributed by atoms with Crippen molar-refractivity contribution >= 4 is 11.6 Å². The number of hydrogen-bond donors (Lipinski definition) is 1. The van der Waals surface area contributed by atoms with Crippen molar-refractivity contribution in [1.82, 2.24) is 15.0 Å². The Morgan fingerprint density at radius 3 is 2.43 bits per heavy atom. The molecule has 1 aromatic heterocycles. The van der Waals surface area contributed by atoms with Crippen LogP contribution in [0.1, 0.15) is 32.2 Å². The monoisotopic (exact) mass is 288 g/mol. The van der Waals surface area contributed by atoms with E-state index in [1.54, 1.807) is 4.68 Å². The number of aryl methyl sites for hydroxylation is 1. The number of amides is 1. The predicted octanol–water partition coefficient (Wildman–Crippen LogP) is 2.97. The molecule has 1 heterocycles. The number of anilines is 1. The standard InChI is InChI=1S/C14H18N4O.C2H6/c1-10(9-13-11(2)18(3)17-16-13)14(19)15-12-7-5-4-6-8-12;1-2/h4-8,10H,9H2,1-3H3,(H,15,19);1-2H3/t10-;/m0./s1. The number of aromatic nitrogens is 3. The van der Waals surface area contributed by atoms with Crippen LogP contribution in [0.5, 0.6) is 0 Å². The van der Waals surface area contributed by atoms with Gasteiger partial charge in [0.05, 0.1) is 11.4 Å². The number of nitrogens with zero attached hydrogens (tertiary/aromatic N) is 3. The van der Waals surface area contributed by atoms with Gasteiger partial charge in [0, 0.05) is 25.1 Å². The minimum atomic E-state index is -0.143. The fourth-order valence-corrected chi connectivity index (χ4v) is 1.81. The maximum atomic E-state index is 12.1. The van der Waals surface area contributed by atoms with Crippen molar-refractivity contribution in [2.45, 2.75) is 34.1 Å².